The van der Waals surface area contributed by atoms with Crippen LogP contribution in [0.1, 0.15) is 99.3 Å². The lowest BCUT2D eigenvalue weighted by Crippen LogP contribution is -2.51. The van der Waals surface area contributed by atoms with Gasteiger partial charge in [0.05, 0.1) is 0 Å². The van der Waals surface area contributed by atoms with Crippen molar-refractivity contribution in [1.82, 2.24) is 0 Å². The van der Waals surface area contributed by atoms with Crippen LogP contribution < -0.4 is 5.73 Å². The van der Waals surface area contributed by atoms with E-state index >= 15 is 0 Å². The average Bonchev–Trinajstić information content (AvgIpc) is 2.57. The number of nitrogens with two attached hydrogens (primary N) is 1. The highest BCUT2D eigenvalue weighted by Crippen LogP contribution is 2.53. The van der Waals surface area contributed by atoms with E-state index in [1.165, 1.54) is 63.5 Å². The summed E-state index contributed by atoms with van der Waals surface area (Å²) in [6.07, 6.45) is 11.4. The summed E-state index contributed by atoms with van der Waals surface area (Å²) in [5.74, 6) is 0.753. The molecule has 0 heterocycles. The standard InChI is InChI=1S/C21H47NOSi/c1-7-11-17-23-24(18-12-8-2,19-13-9-3)21(5,6)20(10-4)15-14-16-22/h20H,7-19,22H2,1-6H3. The molecule has 1 atom stereocenters. The molecule has 2 N–H and O–H groups in total. The number of hydrogen-bond acceptors (Lipinski definition) is 2. The molecule has 3 heteroatoms. The highest BCUT2D eigenvalue weighted by Gasteiger charge is 2.51. The topological polar surface area (TPSA) is 35.2 Å². The molecule has 0 saturated heterocycles. The normalized spacial score (nSPS) is 14.1. The first-order valence-electron chi connectivity index (χ1n) is 10.8. The van der Waals surface area contributed by atoms with Gasteiger partial charge in [-0.05, 0) is 48.9 Å². The van der Waals surface area contributed by atoms with Gasteiger partial charge in [-0.25, -0.2) is 0 Å². The Hall–Kier alpha value is 0.137. The summed E-state index contributed by atoms with van der Waals surface area (Å²) in [4.78, 5) is 0. The van der Waals surface area contributed by atoms with Gasteiger partial charge in [0.15, 0.2) is 8.32 Å². The second-order valence-electron chi connectivity index (χ2n) is 8.16. The zero-order valence-corrected chi connectivity index (χ0v) is 18.8. The van der Waals surface area contributed by atoms with Gasteiger partial charge in [0.1, 0.15) is 0 Å². The second-order valence-corrected chi connectivity index (χ2v) is 12.7. The third kappa shape index (κ3) is 7.17. The van der Waals surface area contributed by atoms with E-state index in [1.54, 1.807) is 0 Å². The maximum absolute atomic E-state index is 6.91. The summed E-state index contributed by atoms with van der Waals surface area (Å²) < 4.78 is 6.91. The fraction of sp³-hybridized carbons (Fsp3) is 1.00. The van der Waals surface area contributed by atoms with Crippen LogP contribution in [0.2, 0.25) is 17.1 Å². The van der Waals surface area contributed by atoms with Crippen molar-refractivity contribution in [3.05, 3.63) is 0 Å². The van der Waals surface area contributed by atoms with E-state index in [4.69, 9.17) is 10.2 Å². The molecule has 0 spiro atoms. The Morgan fingerprint density at radius 1 is 0.875 bits per heavy atom. The van der Waals surface area contributed by atoms with E-state index in [0.29, 0.717) is 5.04 Å². The predicted octanol–water partition coefficient (Wildman–Crippen LogP) is 6.89. The molecule has 0 saturated carbocycles. The molecule has 146 valence electrons. The average molecular weight is 358 g/mol. The van der Waals surface area contributed by atoms with Crippen molar-refractivity contribution in [3.63, 3.8) is 0 Å². The Morgan fingerprint density at radius 2 is 1.42 bits per heavy atom. The zero-order chi connectivity index (χ0) is 18.5. The minimum absolute atomic E-state index is 0.342. The molecule has 0 radical (unpaired) electrons. The van der Waals surface area contributed by atoms with Crippen LogP contribution in [0.5, 0.6) is 0 Å². The molecule has 24 heavy (non-hydrogen) atoms. The molecule has 0 aromatic carbocycles. The third-order valence-corrected chi connectivity index (χ3v) is 12.0. The van der Waals surface area contributed by atoms with Crippen molar-refractivity contribution in [2.75, 3.05) is 13.2 Å². The summed E-state index contributed by atoms with van der Waals surface area (Å²) in [7, 11) is -1.78. The highest BCUT2D eigenvalue weighted by molar-refractivity contribution is 6.76. The molecule has 0 rings (SSSR count). The SMILES string of the molecule is CCCCO[Si](CCCC)(CCCC)C(C)(C)C(CC)CCCN. The monoisotopic (exact) mass is 357 g/mol. The van der Waals surface area contributed by atoms with Crippen LogP contribution in [0.25, 0.3) is 0 Å². The van der Waals surface area contributed by atoms with Crippen LogP contribution in [-0.2, 0) is 4.43 Å². The van der Waals surface area contributed by atoms with Crippen LogP contribution in [0.3, 0.4) is 0 Å². The molecule has 0 aliphatic carbocycles. The molecular weight excluding hydrogens is 310 g/mol. The number of rotatable bonds is 16. The van der Waals surface area contributed by atoms with Crippen LogP contribution in [0.15, 0.2) is 0 Å². The minimum Gasteiger partial charge on any atom is -0.416 e. The lowest BCUT2D eigenvalue weighted by Gasteiger charge is -2.49. The Balaban J connectivity index is 5.50. The first kappa shape index (κ1) is 24.1. The Morgan fingerprint density at radius 3 is 1.83 bits per heavy atom. The fourth-order valence-corrected chi connectivity index (χ4v) is 9.92. The van der Waals surface area contributed by atoms with E-state index < -0.39 is 8.32 Å². The van der Waals surface area contributed by atoms with Crippen molar-refractivity contribution < 1.29 is 4.43 Å². The van der Waals surface area contributed by atoms with Gasteiger partial charge in [0.2, 0.25) is 0 Å². The molecule has 0 aromatic rings. The van der Waals surface area contributed by atoms with Crippen LogP contribution in [-0.4, -0.2) is 21.5 Å². The van der Waals surface area contributed by atoms with E-state index in [-0.39, 0.29) is 0 Å². The van der Waals surface area contributed by atoms with E-state index in [9.17, 15) is 0 Å². The summed E-state index contributed by atoms with van der Waals surface area (Å²) >= 11 is 0. The summed E-state index contributed by atoms with van der Waals surface area (Å²) in [6.45, 7) is 16.2. The quantitative estimate of drug-likeness (QED) is 0.241. The van der Waals surface area contributed by atoms with E-state index in [2.05, 4.69) is 41.5 Å². The first-order valence-corrected chi connectivity index (χ1v) is 13.1. The van der Waals surface area contributed by atoms with Crippen molar-refractivity contribution in [3.8, 4) is 0 Å². The second kappa shape index (κ2) is 13.4. The Bertz CT molecular complexity index is 286. The van der Waals surface area contributed by atoms with E-state index in [0.717, 1.165) is 25.5 Å². The summed E-state index contributed by atoms with van der Waals surface area (Å²) in [5.41, 5.74) is 5.82. The lowest BCUT2D eigenvalue weighted by atomic mass is 9.88. The molecule has 2 nitrogen and oxygen atoms in total. The molecule has 0 bridgehead atoms. The Labute approximate surface area is 154 Å². The highest BCUT2D eigenvalue weighted by atomic mass is 28.4. The predicted molar refractivity (Wildman–Crippen MR) is 112 cm³/mol. The van der Waals surface area contributed by atoms with E-state index in [1.807, 2.05) is 0 Å². The molecule has 0 fully saturated rings. The van der Waals surface area contributed by atoms with Crippen LogP contribution >= 0.6 is 0 Å². The van der Waals surface area contributed by atoms with Gasteiger partial charge in [0.25, 0.3) is 0 Å². The largest absolute Gasteiger partial charge is 0.416 e. The fourth-order valence-electron chi connectivity index (χ4n) is 4.25. The number of hydrogen-bond donors (Lipinski definition) is 1. The van der Waals surface area contributed by atoms with Crippen molar-refractivity contribution in [2.24, 2.45) is 11.7 Å². The van der Waals surface area contributed by atoms with Gasteiger partial charge in [-0.1, -0.05) is 80.1 Å². The smallest absolute Gasteiger partial charge is 0.198 e. The van der Waals surface area contributed by atoms with Gasteiger partial charge < -0.3 is 10.2 Å². The molecule has 0 aromatic heterocycles. The molecule has 0 amide bonds. The molecule has 0 aliphatic heterocycles. The third-order valence-electron chi connectivity index (χ3n) is 6.19. The van der Waals surface area contributed by atoms with Gasteiger partial charge in [-0.3, -0.25) is 0 Å². The van der Waals surface area contributed by atoms with Crippen molar-refractivity contribution in [1.29, 1.82) is 0 Å². The molecular formula is C21H47NOSi. The summed E-state index contributed by atoms with van der Waals surface area (Å²) in [6, 6.07) is 2.69. The van der Waals surface area contributed by atoms with Crippen molar-refractivity contribution >= 4 is 8.32 Å². The number of unbranched alkanes of at least 4 members (excludes halogenated alkanes) is 3. The van der Waals surface area contributed by atoms with Gasteiger partial charge in [-0.15, -0.1) is 0 Å². The van der Waals surface area contributed by atoms with Crippen molar-refractivity contribution in [2.45, 2.75) is 116 Å². The summed E-state index contributed by atoms with van der Waals surface area (Å²) in [5, 5.41) is 0.342. The maximum Gasteiger partial charge on any atom is 0.198 e. The van der Waals surface area contributed by atoms with Gasteiger partial charge >= 0.3 is 0 Å². The van der Waals surface area contributed by atoms with Gasteiger partial charge in [-0.2, -0.15) is 0 Å². The zero-order valence-electron chi connectivity index (χ0n) is 17.8. The Kier molecular flexibility index (Phi) is 13.4. The lowest BCUT2D eigenvalue weighted by molar-refractivity contribution is 0.231. The van der Waals surface area contributed by atoms with Crippen LogP contribution in [0, 0.1) is 5.92 Å². The minimum atomic E-state index is -1.78. The maximum atomic E-state index is 6.91. The van der Waals surface area contributed by atoms with Gasteiger partial charge in [0, 0.05) is 6.61 Å². The van der Waals surface area contributed by atoms with Crippen LogP contribution in [0.4, 0.5) is 0 Å². The first-order chi connectivity index (χ1) is 11.5. The molecule has 1 unspecified atom stereocenters. The molecule has 0 aliphatic rings.